The van der Waals surface area contributed by atoms with Crippen LogP contribution in [0, 0.1) is 0 Å². The lowest BCUT2D eigenvalue weighted by Crippen LogP contribution is -2.09. The first kappa shape index (κ1) is 18.9. The van der Waals surface area contributed by atoms with Crippen LogP contribution in [-0.4, -0.2) is 20.5 Å². The topological polar surface area (TPSA) is 76.4 Å². The predicted octanol–water partition coefficient (Wildman–Crippen LogP) is 4.87. The molecule has 3 aromatic rings. The Bertz CT molecular complexity index is 1080. The van der Waals surface area contributed by atoms with Crippen LogP contribution in [0.15, 0.2) is 71.2 Å². The maximum atomic E-state index is 12.2. The van der Waals surface area contributed by atoms with Gasteiger partial charge in [0.05, 0.1) is 6.26 Å². The number of furan rings is 1. The van der Waals surface area contributed by atoms with Gasteiger partial charge in [-0.3, -0.25) is 9.52 Å². The van der Waals surface area contributed by atoms with E-state index in [0.29, 0.717) is 27.8 Å². The van der Waals surface area contributed by atoms with Crippen LogP contribution in [0.5, 0.6) is 0 Å². The smallest absolute Gasteiger partial charge is 0.229 e. The van der Waals surface area contributed by atoms with E-state index < -0.39 is 10.0 Å². The zero-order chi connectivity index (χ0) is 19.4. The third kappa shape index (κ3) is 5.32. The van der Waals surface area contributed by atoms with E-state index in [-0.39, 0.29) is 5.78 Å². The highest BCUT2D eigenvalue weighted by molar-refractivity contribution is 7.92. The van der Waals surface area contributed by atoms with Crippen molar-refractivity contribution >= 4 is 39.2 Å². The molecule has 0 aliphatic heterocycles. The Morgan fingerprint density at radius 2 is 1.67 bits per heavy atom. The zero-order valence-corrected chi connectivity index (χ0v) is 15.9. The Labute approximate surface area is 162 Å². The maximum absolute atomic E-state index is 12.2. The first-order valence-electron chi connectivity index (χ1n) is 7.96. The largest absolute Gasteiger partial charge is 0.457 e. The highest BCUT2D eigenvalue weighted by Crippen LogP contribution is 2.24. The lowest BCUT2D eigenvalue weighted by molar-refractivity contribution is 0.104. The van der Waals surface area contributed by atoms with Gasteiger partial charge in [-0.15, -0.1) is 0 Å². The molecule has 0 aliphatic rings. The van der Waals surface area contributed by atoms with Gasteiger partial charge >= 0.3 is 0 Å². The van der Waals surface area contributed by atoms with Crippen LogP contribution in [-0.2, 0) is 10.0 Å². The van der Waals surface area contributed by atoms with E-state index in [1.165, 1.54) is 18.2 Å². The van der Waals surface area contributed by atoms with Crippen molar-refractivity contribution in [1.29, 1.82) is 0 Å². The summed E-state index contributed by atoms with van der Waals surface area (Å²) in [6.45, 7) is 0. The van der Waals surface area contributed by atoms with E-state index in [1.807, 2.05) is 18.2 Å². The molecular formula is C20H16ClNO4S. The fraction of sp³-hybridized carbons (Fsp3) is 0.0500. The molecule has 5 nitrogen and oxygen atoms in total. The molecular weight excluding hydrogens is 386 g/mol. The van der Waals surface area contributed by atoms with Crippen LogP contribution in [0.2, 0.25) is 5.02 Å². The quantitative estimate of drug-likeness (QED) is 0.472. The van der Waals surface area contributed by atoms with Crippen LogP contribution in [0.3, 0.4) is 0 Å². The standard InChI is InChI=1S/C20H16ClNO4S/c1-27(24,25)22-17-8-4-14(5-9-17)19(23)12-10-18-11-13-20(26-18)15-2-6-16(21)7-3-15/h2-13,22H,1H3. The van der Waals surface area contributed by atoms with Crippen molar-refractivity contribution in [2.45, 2.75) is 0 Å². The SMILES string of the molecule is CS(=O)(=O)Nc1ccc(C(=O)C=Cc2ccc(-c3ccc(Cl)cc3)o2)cc1. The van der Waals surface area contributed by atoms with Crippen molar-refractivity contribution in [1.82, 2.24) is 0 Å². The molecule has 0 fully saturated rings. The Morgan fingerprint density at radius 3 is 2.30 bits per heavy atom. The van der Waals surface area contributed by atoms with E-state index in [2.05, 4.69) is 4.72 Å². The van der Waals surface area contributed by atoms with Crippen LogP contribution in [0.4, 0.5) is 5.69 Å². The first-order chi connectivity index (χ1) is 12.8. The van der Waals surface area contributed by atoms with Gasteiger partial charge in [-0.25, -0.2) is 8.42 Å². The molecule has 138 valence electrons. The molecule has 0 bridgehead atoms. The Balaban J connectivity index is 1.69. The summed E-state index contributed by atoms with van der Waals surface area (Å²) >= 11 is 5.88. The summed E-state index contributed by atoms with van der Waals surface area (Å²) in [7, 11) is -3.35. The highest BCUT2D eigenvalue weighted by Gasteiger charge is 2.06. The fourth-order valence-corrected chi connectivity index (χ4v) is 3.07. The van der Waals surface area contributed by atoms with E-state index in [4.69, 9.17) is 16.0 Å². The van der Waals surface area contributed by atoms with Gasteiger partial charge in [0.1, 0.15) is 11.5 Å². The zero-order valence-electron chi connectivity index (χ0n) is 14.3. The summed E-state index contributed by atoms with van der Waals surface area (Å²) in [5.74, 6) is 1.00. The number of hydrogen-bond acceptors (Lipinski definition) is 4. The van der Waals surface area contributed by atoms with Crippen LogP contribution >= 0.6 is 11.6 Å². The van der Waals surface area contributed by atoms with Crippen LogP contribution < -0.4 is 4.72 Å². The molecule has 0 saturated heterocycles. The number of benzene rings is 2. The van der Waals surface area contributed by atoms with Gasteiger partial charge in [0.15, 0.2) is 5.78 Å². The van der Waals surface area contributed by atoms with Gasteiger partial charge in [-0.05, 0) is 72.8 Å². The summed E-state index contributed by atoms with van der Waals surface area (Å²) in [6.07, 6.45) is 4.06. The normalized spacial score (nSPS) is 11.6. The number of allylic oxidation sites excluding steroid dienone is 1. The molecule has 1 N–H and O–H groups in total. The van der Waals surface area contributed by atoms with E-state index in [1.54, 1.807) is 36.4 Å². The van der Waals surface area contributed by atoms with Gasteiger partial charge in [0.2, 0.25) is 10.0 Å². The number of halogens is 1. The van der Waals surface area contributed by atoms with Gasteiger partial charge in [-0.2, -0.15) is 0 Å². The number of ketones is 1. The molecule has 0 amide bonds. The summed E-state index contributed by atoms with van der Waals surface area (Å²) < 4.78 is 30.4. The number of hydrogen-bond donors (Lipinski definition) is 1. The summed E-state index contributed by atoms with van der Waals surface area (Å²) in [5, 5.41) is 0.647. The minimum atomic E-state index is -3.35. The summed E-state index contributed by atoms with van der Waals surface area (Å²) in [5.41, 5.74) is 1.73. The molecule has 1 aromatic heterocycles. The summed E-state index contributed by atoms with van der Waals surface area (Å²) in [6, 6.07) is 17.0. The predicted molar refractivity (Wildman–Crippen MR) is 107 cm³/mol. The van der Waals surface area contributed by atoms with Gasteiger partial charge in [0, 0.05) is 21.8 Å². The number of anilines is 1. The van der Waals surface area contributed by atoms with Crippen LogP contribution in [0.1, 0.15) is 16.1 Å². The van der Waals surface area contributed by atoms with Gasteiger partial charge in [-0.1, -0.05) is 11.6 Å². The molecule has 0 unspecified atom stereocenters. The van der Waals surface area contributed by atoms with Crippen molar-refractivity contribution in [3.8, 4) is 11.3 Å². The van der Waals surface area contributed by atoms with Crippen molar-refractivity contribution in [2.24, 2.45) is 0 Å². The molecule has 3 rings (SSSR count). The summed E-state index contributed by atoms with van der Waals surface area (Å²) in [4.78, 5) is 12.2. The van der Waals surface area contributed by atoms with Crippen molar-refractivity contribution in [3.63, 3.8) is 0 Å². The molecule has 0 spiro atoms. The van der Waals surface area contributed by atoms with Crippen molar-refractivity contribution in [2.75, 3.05) is 11.0 Å². The molecule has 0 saturated carbocycles. The lowest BCUT2D eigenvalue weighted by atomic mass is 10.1. The molecule has 0 atom stereocenters. The second-order valence-electron chi connectivity index (χ2n) is 5.86. The van der Waals surface area contributed by atoms with E-state index in [0.717, 1.165) is 11.8 Å². The Hall–Kier alpha value is -2.83. The van der Waals surface area contributed by atoms with Crippen LogP contribution in [0.25, 0.3) is 17.4 Å². The second-order valence-corrected chi connectivity index (χ2v) is 8.04. The van der Waals surface area contributed by atoms with E-state index in [9.17, 15) is 13.2 Å². The third-order valence-corrected chi connectivity index (χ3v) is 4.49. The number of nitrogens with one attached hydrogen (secondary N) is 1. The Kier molecular flexibility index (Phi) is 5.48. The Morgan fingerprint density at radius 1 is 1.00 bits per heavy atom. The monoisotopic (exact) mass is 401 g/mol. The molecule has 1 heterocycles. The minimum absolute atomic E-state index is 0.217. The molecule has 27 heavy (non-hydrogen) atoms. The number of carbonyl (C=O) groups is 1. The maximum Gasteiger partial charge on any atom is 0.229 e. The molecule has 0 radical (unpaired) electrons. The third-order valence-electron chi connectivity index (χ3n) is 3.63. The highest BCUT2D eigenvalue weighted by atomic mass is 35.5. The lowest BCUT2D eigenvalue weighted by Gasteiger charge is -2.03. The van der Waals surface area contributed by atoms with Crippen molar-refractivity contribution in [3.05, 3.63) is 83.1 Å². The van der Waals surface area contributed by atoms with Gasteiger partial charge in [0.25, 0.3) is 0 Å². The van der Waals surface area contributed by atoms with E-state index >= 15 is 0 Å². The fourth-order valence-electron chi connectivity index (χ4n) is 2.38. The number of sulfonamides is 1. The van der Waals surface area contributed by atoms with Crippen molar-refractivity contribution < 1.29 is 17.6 Å². The molecule has 2 aromatic carbocycles. The average Bonchev–Trinajstić information content (AvgIpc) is 3.08. The van der Waals surface area contributed by atoms with Gasteiger partial charge < -0.3 is 4.42 Å². The molecule has 0 aliphatic carbocycles. The minimum Gasteiger partial charge on any atom is -0.457 e. The second kappa shape index (κ2) is 7.82. The molecule has 7 heteroatoms. The number of carbonyl (C=O) groups excluding carboxylic acids is 1. The number of rotatable bonds is 6. The average molecular weight is 402 g/mol. The first-order valence-corrected chi connectivity index (χ1v) is 10.2.